The van der Waals surface area contributed by atoms with E-state index >= 15 is 0 Å². The Kier molecular flexibility index (Phi) is 6.77. The van der Waals surface area contributed by atoms with Crippen molar-refractivity contribution in [3.63, 3.8) is 0 Å². The molecule has 0 amide bonds. The van der Waals surface area contributed by atoms with Crippen LogP contribution in [0.25, 0.3) is 0 Å². The van der Waals surface area contributed by atoms with Crippen molar-refractivity contribution >= 4 is 18.0 Å². The zero-order valence-electron chi connectivity index (χ0n) is 15.7. The number of carbonyl (C=O) groups excluding carboxylic acids is 1. The molecule has 0 aliphatic carbocycles. The summed E-state index contributed by atoms with van der Waals surface area (Å²) in [6.07, 6.45) is -3.41. The highest BCUT2D eigenvalue weighted by Gasteiger charge is 2.35. The Labute approximate surface area is 160 Å². The maximum atomic E-state index is 13.6. The Morgan fingerprint density at radius 1 is 1.25 bits per heavy atom. The molecule has 0 saturated heterocycles. The highest BCUT2D eigenvalue weighted by molar-refractivity contribution is 5.92. The largest absolute Gasteiger partial charge is 0.457 e. The second-order valence-electron chi connectivity index (χ2n) is 6.17. The topological polar surface area (TPSA) is 41.9 Å². The first kappa shape index (κ1) is 21.4. The lowest BCUT2D eigenvalue weighted by molar-refractivity contribution is -0.137. The number of esters is 1. The molecule has 0 heterocycles. The van der Waals surface area contributed by atoms with E-state index in [1.807, 2.05) is 6.92 Å². The Morgan fingerprint density at radius 3 is 2.54 bits per heavy atom. The lowest BCUT2D eigenvalue weighted by Crippen LogP contribution is -2.15. The number of benzene rings is 2. The van der Waals surface area contributed by atoms with E-state index < -0.39 is 23.5 Å². The van der Waals surface area contributed by atoms with Gasteiger partial charge >= 0.3 is 12.1 Å². The van der Waals surface area contributed by atoms with Crippen molar-refractivity contribution in [1.29, 1.82) is 0 Å². The number of aliphatic imine (C=N–C) groups is 1. The molecule has 0 spiro atoms. The minimum absolute atomic E-state index is 0.133. The molecule has 0 bridgehead atoms. The molecule has 0 N–H and O–H groups in total. The minimum Gasteiger partial charge on any atom is -0.457 e. The summed E-state index contributed by atoms with van der Waals surface area (Å²) in [5.41, 5.74) is -1.18. The molecule has 150 valence electrons. The fourth-order valence-corrected chi connectivity index (χ4v) is 2.33. The summed E-state index contributed by atoms with van der Waals surface area (Å²) in [5.74, 6) is -1.53. The Morgan fingerprint density at radius 2 is 1.93 bits per heavy atom. The summed E-state index contributed by atoms with van der Waals surface area (Å²) in [6.45, 7) is 3.51. The first-order valence-corrected chi connectivity index (χ1v) is 8.50. The van der Waals surface area contributed by atoms with Gasteiger partial charge in [-0.2, -0.15) is 13.2 Å². The molecule has 0 unspecified atom stereocenters. The first-order valence-electron chi connectivity index (χ1n) is 8.50. The van der Waals surface area contributed by atoms with E-state index in [2.05, 4.69) is 4.99 Å². The molecule has 8 heteroatoms. The number of ether oxygens (including phenoxy) is 1. The summed E-state index contributed by atoms with van der Waals surface area (Å²) in [6, 6.07) is 7.59. The van der Waals surface area contributed by atoms with E-state index in [9.17, 15) is 22.4 Å². The van der Waals surface area contributed by atoms with Crippen molar-refractivity contribution in [2.75, 3.05) is 13.6 Å². The van der Waals surface area contributed by atoms with Gasteiger partial charge in [-0.05, 0) is 37.6 Å². The van der Waals surface area contributed by atoms with Crippen LogP contribution in [0.15, 0.2) is 41.4 Å². The summed E-state index contributed by atoms with van der Waals surface area (Å²) >= 11 is 0. The van der Waals surface area contributed by atoms with Crippen LogP contribution in [-0.2, 0) is 17.5 Å². The summed E-state index contributed by atoms with van der Waals surface area (Å²) < 4.78 is 59.0. The van der Waals surface area contributed by atoms with Crippen LogP contribution in [-0.4, -0.2) is 30.8 Å². The average molecular weight is 396 g/mol. The summed E-state index contributed by atoms with van der Waals surface area (Å²) in [5, 5.41) is 0. The van der Waals surface area contributed by atoms with Crippen LogP contribution in [0.2, 0.25) is 0 Å². The monoisotopic (exact) mass is 396 g/mol. The number of halogens is 4. The van der Waals surface area contributed by atoms with Crippen LogP contribution in [0.4, 0.5) is 23.2 Å². The van der Waals surface area contributed by atoms with Crippen molar-refractivity contribution in [3.05, 3.63) is 64.5 Å². The van der Waals surface area contributed by atoms with Gasteiger partial charge in [0.05, 0.1) is 23.2 Å². The third-order valence-electron chi connectivity index (χ3n) is 4.08. The van der Waals surface area contributed by atoms with Gasteiger partial charge in [0, 0.05) is 19.2 Å². The minimum atomic E-state index is -4.70. The van der Waals surface area contributed by atoms with Crippen molar-refractivity contribution in [2.24, 2.45) is 4.99 Å². The number of aryl methyl sites for hydroxylation is 1. The molecule has 0 fully saturated rings. The molecule has 2 aromatic rings. The van der Waals surface area contributed by atoms with Crippen molar-refractivity contribution in [1.82, 2.24) is 4.90 Å². The maximum absolute atomic E-state index is 13.6. The highest BCUT2D eigenvalue weighted by atomic mass is 19.4. The van der Waals surface area contributed by atoms with Gasteiger partial charge in [0.15, 0.2) is 0 Å². The molecule has 0 radical (unpaired) electrons. The smallest absolute Gasteiger partial charge is 0.418 e. The second-order valence-corrected chi connectivity index (χ2v) is 6.17. The number of hydrogen-bond donors (Lipinski definition) is 0. The molecule has 28 heavy (non-hydrogen) atoms. The molecule has 2 rings (SSSR count). The predicted molar refractivity (Wildman–Crippen MR) is 98.2 cm³/mol. The molecule has 0 aromatic heterocycles. The molecule has 0 aliphatic rings. The van der Waals surface area contributed by atoms with E-state index in [1.54, 1.807) is 18.0 Å². The van der Waals surface area contributed by atoms with Gasteiger partial charge in [0.1, 0.15) is 12.4 Å². The van der Waals surface area contributed by atoms with Gasteiger partial charge in [0.25, 0.3) is 0 Å². The molecule has 0 atom stereocenters. The molecule has 0 saturated carbocycles. The second kappa shape index (κ2) is 8.86. The lowest BCUT2D eigenvalue weighted by Gasteiger charge is -2.15. The fourth-order valence-electron chi connectivity index (χ4n) is 2.33. The molecule has 0 aliphatic heterocycles. The number of rotatable bonds is 6. The third kappa shape index (κ3) is 5.31. The Balaban J connectivity index is 2.32. The summed E-state index contributed by atoms with van der Waals surface area (Å²) in [4.78, 5) is 17.8. The number of hydrogen-bond acceptors (Lipinski definition) is 3. The van der Waals surface area contributed by atoms with E-state index in [1.165, 1.54) is 37.5 Å². The standard InChI is InChI=1S/C20H20F4N2O2/c1-4-26(3)12-25-18-9-13(2)15(10-16(18)20(22,23)24)19(27)28-11-14-7-5-6-8-17(14)21/h5-10,12H,4,11H2,1-3H3. The van der Waals surface area contributed by atoms with Crippen molar-refractivity contribution < 1.29 is 27.1 Å². The van der Waals surface area contributed by atoms with Gasteiger partial charge in [-0.25, -0.2) is 14.2 Å². The summed E-state index contributed by atoms with van der Waals surface area (Å²) in [7, 11) is 1.68. The average Bonchev–Trinajstić information content (AvgIpc) is 2.64. The normalized spacial score (nSPS) is 11.7. The van der Waals surface area contributed by atoms with Crippen LogP contribution < -0.4 is 0 Å². The van der Waals surface area contributed by atoms with E-state index in [-0.39, 0.29) is 29.0 Å². The van der Waals surface area contributed by atoms with E-state index in [4.69, 9.17) is 4.74 Å². The quantitative estimate of drug-likeness (QED) is 0.295. The Bertz CT molecular complexity index is 879. The van der Waals surface area contributed by atoms with E-state index in [0.717, 1.165) is 6.07 Å². The van der Waals surface area contributed by atoms with E-state index in [0.29, 0.717) is 6.54 Å². The number of carbonyl (C=O) groups is 1. The van der Waals surface area contributed by atoms with Gasteiger partial charge in [0.2, 0.25) is 0 Å². The fraction of sp³-hybridized carbons (Fsp3) is 0.300. The van der Waals surface area contributed by atoms with Crippen molar-refractivity contribution in [3.8, 4) is 0 Å². The highest BCUT2D eigenvalue weighted by Crippen LogP contribution is 2.38. The SMILES string of the molecule is CCN(C)C=Nc1cc(C)c(C(=O)OCc2ccccc2F)cc1C(F)(F)F. The third-order valence-corrected chi connectivity index (χ3v) is 4.08. The molecule has 2 aromatic carbocycles. The molecular weight excluding hydrogens is 376 g/mol. The van der Waals surface area contributed by atoms with Crippen LogP contribution in [0.3, 0.4) is 0 Å². The number of nitrogens with zero attached hydrogens (tertiary/aromatic N) is 2. The molecular formula is C20H20F4N2O2. The zero-order valence-corrected chi connectivity index (χ0v) is 15.7. The van der Waals surface area contributed by atoms with Crippen LogP contribution in [0.5, 0.6) is 0 Å². The van der Waals surface area contributed by atoms with Crippen LogP contribution in [0, 0.1) is 12.7 Å². The van der Waals surface area contributed by atoms with Crippen LogP contribution in [0.1, 0.15) is 34.0 Å². The van der Waals surface area contributed by atoms with Gasteiger partial charge in [-0.15, -0.1) is 0 Å². The molecule has 4 nitrogen and oxygen atoms in total. The zero-order chi connectivity index (χ0) is 20.9. The maximum Gasteiger partial charge on any atom is 0.418 e. The van der Waals surface area contributed by atoms with Crippen molar-refractivity contribution in [2.45, 2.75) is 26.6 Å². The first-order chi connectivity index (χ1) is 13.1. The van der Waals surface area contributed by atoms with Gasteiger partial charge in [-0.3, -0.25) is 0 Å². The van der Waals surface area contributed by atoms with Gasteiger partial charge < -0.3 is 9.64 Å². The number of alkyl halides is 3. The van der Waals surface area contributed by atoms with Gasteiger partial charge in [-0.1, -0.05) is 18.2 Å². The lowest BCUT2D eigenvalue weighted by atomic mass is 10.0. The van der Waals surface area contributed by atoms with Crippen LogP contribution >= 0.6 is 0 Å². The predicted octanol–water partition coefficient (Wildman–Crippen LogP) is 5.12. The Hall–Kier alpha value is -2.90.